The molecule has 0 aliphatic heterocycles. The van der Waals surface area contributed by atoms with E-state index in [0.717, 1.165) is 29.6 Å². The van der Waals surface area contributed by atoms with Gasteiger partial charge in [0.05, 0.1) is 12.1 Å². The van der Waals surface area contributed by atoms with Crippen molar-refractivity contribution in [2.24, 2.45) is 7.05 Å². The van der Waals surface area contributed by atoms with E-state index in [4.69, 9.17) is 4.74 Å². The van der Waals surface area contributed by atoms with Gasteiger partial charge in [-0.1, -0.05) is 12.1 Å². The molecule has 0 saturated carbocycles. The number of hydrogen-bond acceptors (Lipinski definition) is 5. The van der Waals surface area contributed by atoms with E-state index in [-0.39, 0.29) is 5.56 Å². The first-order chi connectivity index (χ1) is 10.2. The predicted octanol–water partition coefficient (Wildman–Crippen LogP) is 1.06. The van der Waals surface area contributed by atoms with Crippen LogP contribution in [0.2, 0.25) is 0 Å². The lowest BCUT2D eigenvalue weighted by Crippen LogP contribution is -2.06. The molecule has 3 rings (SSSR count). The summed E-state index contributed by atoms with van der Waals surface area (Å²) < 4.78 is 7.41. The normalized spacial score (nSPS) is 10.9. The van der Waals surface area contributed by atoms with Gasteiger partial charge in [-0.3, -0.25) is 4.79 Å². The van der Waals surface area contributed by atoms with E-state index < -0.39 is 0 Å². The Morgan fingerprint density at radius 2 is 2.19 bits per heavy atom. The Bertz CT molecular complexity index is 808. The van der Waals surface area contributed by atoms with Gasteiger partial charge in [-0.05, 0) is 29.0 Å². The minimum Gasteiger partial charge on any atom is -0.491 e. The van der Waals surface area contributed by atoms with Crippen LogP contribution in [0.3, 0.4) is 0 Å². The van der Waals surface area contributed by atoms with Gasteiger partial charge in [-0.15, -0.1) is 5.10 Å². The van der Waals surface area contributed by atoms with Gasteiger partial charge >= 0.3 is 0 Å². The zero-order chi connectivity index (χ0) is 14.7. The van der Waals surface area contributed by atoms with Crippen molar-refractivity contribution in [3.63, 3.8) is 0 Å². The number of aryl methyl sites for hydroxylation is 2. The lowest BCUT2D eigenvalue weighted by atomic mass is 10.2. The van der Waals surface area contributed by atoms with Gasteiger partial charge in [0, 0.05) is 24.9 Å². The quantitative estimate of drug-likeness (QED) is 0.708. The molecule has 0 bridgehead atoms. The molecule has 7 nitrogen and oxygen atoms in total. The summed E-state index contributed by atoms with van der Waals surface area (Å²) in [4.78, 5) is 14.2. The van der Waals surface area contributed by atoms with Crippen LogP contribution in [0.4, 0.5) is 0 Å². The van der Waals surface area contributed by atoms with E-state index >= 15 is 0 Å². The van der Waals surface area contributed by atoms with E-state index in [1.807, 2.05) is 25.2 Å². The largest absolute Gasteiger partial charge is 0.491 e. The van der Waals surface area contributed by atoms with Crippen LogP contribution in [0, 0.1) is 0 Å². The Labute approximate surface area is 120 Å². The van der Waals surface area contributed by atoms with Gasteiger partial charge in [0.1, 0.15) is 5.75 Å². The summed E-state index contributed by atoms with van der Waals surface area (Å²) in [5, 5.41) is 12.2. The number of rotatable bonds is 5. The molecule has 1 aromatic carbocycles. The molecule has 2 heterocycles. The monoisotopic (exact) mass is 285 g/mol. The number of nitrogens with zero attached hydrogens (tertiary/aromatic N) is 4. The maximum absolute atomic E-state index is 11.4. The van der Waals surface area contributed by atoms with Gasteiger partial charge in [0.25, 0.3) is 0 Å². The van der Waals surface area contributed by atoms with Crippen molar-refractivity contribution in [2.75, 3.05) is 6.61 Å². The zero-order valence-corrected chi connectivity index (χ0v) is 11.6. The standard InChI is InChI=1S/C14H15N5O2/c1-19-12(16-17-18-19)6-3-9-21-11-5-2-4-10-7-8-13(20)15-14(10)11/h2,4-5,7-8H,3,6,9H2,1H3,(H,15,20). The van der Waals surface area contributed by atoms with Crippen LogP contribution >= 0.6 is 0 Å². The number of benzene rings is 1. The number of para-hydroxylation sites is 1. The van der Waals surface area contributed by atoms with Gasteiger partial charge in [-0.25, -0.2) is 4.68 Å². The first-order valence-corrected chi connectivity index (χ1v) is 6.70. The fourth-order valence-corrected chi connectivity index (χ4v) is 2.14. The number of hydrogen-bond donors (Lipinski definition) is 1. The minimum absolute atomic E-state index is 0.135. The number of tetrazole rings is 1. The molecule has 2 aromatic heterocycles. The number of pyridine rings is 1. The second-order valence-corrected chi connectivity index (χ2v) is 4.71. The minimum atomic E-state index is -0.135. The molecule has 7 heteroatoms. The summed E-state index contributed by atoms with van der Waals surface area (Å²) >= 11 is 0. The highest BCUT2D eigenvalue weighted by atomic mass is 16.5. The van der Waals surface area contributed by atoms with Crippen molar-refractivity contribution in [3.8, 4) is 5.75 Å². The van der Waals surface area contributed by atoms with E-state index in [1.54, 1.807) is 10.7 Å². The van der Waals surface area contributed by atoms with Crippen LogP contribution in [-0.4, -0.2) is 31.8 Å². The molecule has 0 saturated heterocycles. The number of aromatic amines is 1. The van der Waals surface area contributed by atoms with Crippen molar-refractivity contribution >= 4 is 10.9 Å². The highest BCUT2D eigenvalue weighted by molar-refractivity contribution is 5.84. The van der Waals surface area contributed by atoms with Crippen LogP contribution in [0.5, 0.6) is 5.75 Å². The summed E-state index contributed by atoms with van der Waals surface area (Å²) in [5.41, 5.74) is 0.592. The Morgan fingerprint density at radius 3 is 3.00 bits per heavy atom. The number of fused-ring (bicyclic) bond motifs is 1. The molecule has 0 aliphatic carbocycles. The summed E-state index contributed by atoms with van der Waals surface area (Å²) in [6.45, 7) is 0.531. The Hall–Kier alpha value is -2.70. The van der Waals surface area contributed by atoms with E-state index in [1.165, 1.54) is 6.07 Å². The van der Waals surface area contributed by atoms with Crippen LogP contribution in [0.15, 0.2) is 35.1 Å². The second kappa shape index (κ2) is 5.74. The SMILES string of the molecule is Cn1nnnc1CCCOc1cccc2ccc(=O)[nH]c12. The Balaban J connectivity index is 1.67. The molecular formula is C14H15N5O2. The van der Waals surface area contributed by atoms with Gasteiger partial charge in [0.15, 0.2) is 5.82 Å². The third kappa shape index (κ3) is 2.91. The molecule has 0 atom stereocenters. The van der Waals surface area contributed by atoms with Gasteiger partial charge in [0.2, 0.25) is 5.56 Å². The molecule has 108 valence electrons. The number of nitrogens with one attached hydrogen (secondary N) is 1. The average molecular weight is 285 g/mol. The van der Waals surface area contributed by atoms with Crippen molar-refractivity contribution < 1.29 is 4.74 Å². The summed E-state index contributed by atoms with van der Waals surface area (Å²) in [6, 6.07) is 8.98. The van der Waals surface area contributed by atoms with Crippen molar-refractivity contribution in [3.05, 3.63) is 46.5 Å². The topological polar surface area (TPSA) is 85.7 Å². The summed E-state index contributed by atoms with van der Waals surface area (Å²) in [6.07, 6.45) is 1.53. The maximum atomic E-state index is 11.4. The summed E-state index contributed by atoms with van der Waals surface area (Å²) in [7, 11) is 1.81. The smallest absolute Gasteiger partial charge is 0.248 e. The van der Waals surface area contributed by atoms with E-state index in [2.05, 4.69) is 20.5 Å². The van der Waals surface area contributed by atoms with Gasteiger partial charge in [-0.2, -0.15) is 0 Å². The highest BCUT2D eigenvalue weighted by Gasteiger charge is 2.05. The zero-order valence-electron chi connectivity index (χ0n) is 11.6. The molecule has 0 radical (unpaired) electrons. The van der Waals surface area contributed by atoms with Crippen molar-refractivity contribution in [1.82, 2.24) is 25.2 Å². The average Bonchev–Trinajstić information content (AvgIpc) is 2.89. The Morgan fingerprint density at radius 1 is 1.29 bits per heavy atom. The first kappa shape index (κ1) is 13.3. The molecule has 0 aliphatic rings. The van der Waals surface area contributed by atoms with E-state index in [0.29, 0.717) is 12.4 Å². The molecule has 0 fully saturated rings. The van der Waals surface area contributed by atoms with Gasteiger partial charge < -0.3 is 9.72 Å². The third-order valence-electron chi connectivity index (χ3n) is 3.23. The number of H-pyrrole nitrogens is 1. The number of aromatic nitrogens is 5. The Kier molecular flexibility index (Phi) is 3.63. The fourth-order valence-electron chi connectivity index (χ4n) is 2.14. The van der Waals surface area contributed by atoms with E-state index in [9.17, 15) is 4.79 Å². The van der Waals surface area contributed by atoms with Crippen LogP contribution in [0.25, 0.3) is 10.9 Å². The number of ether oxygens (including phenoxy) is 1. The highest BCUT2D eigenvalue weighted by Crippen LogP contribution is 2.22. The molecule has 0 unspecified atom stereocenters. The third-order valence-corrected chi connectivity index (χ3v) is 3.23. The molecule has 1 N–H and O–H groups in total. The summed E-state index contributed by atoms with van der Waals surface area (Å²) in [5.74, 6) is 1.51. The second-order valence-electron chi connectivity index (χ2n) is 4.71. The van der Waals surface area contributed by atoms with Crippen LogP contribution in [-0.2, 0) is 13.5 Å². The first-order valence-electron chi connectivity index (χ1n) is 6.70. The lowest BCUT2D eigenvalue weighted by Gasteiger charge is -2.08. The molecule has 0 amide bonds. The maximum Gasteiger partial charge on any atom is 0.248 e. The van der Waals surface area contributed by atoms with Crippen molar-refractivity contribution in [2.45, 2.75) is 12.8 Å². The van der Waals surface area contributed by atoms with Crippen LogP contribution in [0.1, 0.15) is 12.2 Å². The lowest BCUT2D eigenvalue weighted by molar-refractivity contribution is 0.312. The fraction of sp³-hybridized carbons (Fsp3) is 0.286. The molecule has 21 heavy (non-hydrogen) atoms. The van der Waals surface area contributed by atoms with Crippen LogP contribution < -0.4 is 10.3 Å². The molecule has 3 aromatic rings. The molecule has 0 spiro atoms. The van der Waals surface area contributed by atoms with Crippen molar-refractivity contribution in [1.29, 1.82) is 0 Å². The predicted molar refractivity (Wildman–Crippen MR) is 77.2 cm³/mol. The molecular weight excluding hydrogens is 270 g/mol.